The van der Waals surface area contributed by atoms with Crippen LogP contribution in [0.2, 0.25) is 23.2 Å². The van der Waals surface area contributed by atoms with Crippen LogP contribution in [-0.4, -0.2) is 8.80 Å². The fourth-order valence-electron chi connectivity index (χ4n) is 4.09. The third-order valence-corrected chi connectivity index (χ3v) is 9.62. The number of halogens is 1. The molecule has 1 aliphatic rings. The monoisotopic (exact) mass is 356 g/mol. The van der Waals surface area contributed by atoms with Crippen LogP contribution in [-0.2, 0) is 5.41 Å². The SMILES string of the molecule is CCCC[SiH]1CCC(C)(c2ccc(-c3ccc(Cl)cc3)cc2)CC1. The van der Waals surface area contributed by atoms with E-state index < -0.39 is 8.80 Å². The first kappa shape index (κ1) is 17.8. The highest BCUT2D eigenvalue weighted by Crippen LogP contribution is 2.41. The summed E-state index contributed by atoms with van der Waals surface area (Å²) >= 11 is 5.99. The second-order valence-corrected chi connectivity index (χ2v) is 11.6. The van der Waals surface area contributed by atoms with Crippen molar-refractivity contribution in [2.75, 3.05) is 0 Å². The third-order valence-electron chi connectivity index (χ3n) is 5.93. The van der Waals surface area contributed by atoms with Crippen molar-refractivity contribution in [1.29, 1.82) is 0 Å². The first-order valence-electron chi connectivity index (χ1n) is 9.47. The Balaban J connectivity index is 1.68. The van der Waals surface area contributed by atoms with Crippen LogP contribution in [0.5, 0.6) is 0 Å². The maximum atomic E-state index is 5.99. The molecule has 1 saturated heterocycles. The smallest absolute Gasteiger partial charge is 0.0406 e. The molecule has 2 aromatic rings. The maximum absolute atomic E-state index is 5.99. The van der Waals surface area contributed by atoms with E-state index >= 15 is 0 Å². The van der Waals surface area contributed by atoms with Gasteiger partial charge in [-0.05, 0) is 47.1 Å². The molecule has 0 radical (unpaired) electrons. The third kappa shape index (κ3) is 4.13. The van der Waals surface area contributed by atoms with Gasteiger partial charge in [-0.3, -0.25) is 0 Å². The summed E-state index contributed by atoms with van der Waals surface area (Å²) in [4.78, 5) is 0. The van der Waals surface area contributed by atoms with E-state index in [9.17, 15) is 0 Å². The topological polar surface area (TPSA) is 0 Å². The molecule has 0 unspecified atom stereocenters. The Bertz CT molecular complexity index is 637. The van der Waals surface area contributed by atoms with Gasteiger partial charge < -0.3 is 0 Å². The van der Waals surface area contributed by atoms with Gasteiger partial charge in [-0.25, -0.2) is 0 Å². The molecule has 1 aliphatic heterocycles. The average molecular weight is 357 g/mol. The van der Waals surface area contributed by atoms with Crippen LogP contribution >= 0.6 is 11.6 Å². The minimum atomic E-state index is -0.426. The highest BCUT2D eigenvalue weighted by Gasteiger charge is 2.32. The number of hydrogen-bond acceptors (Lipinski definition) is 0. The molecule has 0 atom stereocenters. The molecule has 0 N–H and O–H groups in total. The molecule has 0 nitrogen and oxygen atoms in total. The Labute approximate surface area is 153 Å². The predicted octanol–water partition coefficient (Wildman–Crippen LogP) is 7.09. The van der Waals surface area contributed by atoms with Gasteiger partial charge in [0, 0.05) is 13.8 Å². The van der Waals surface area contributed by atoms with Crippen molar-refractivity contribution < 1.29 is 0 Å². The van der Waals surface area contributed by atoms with Crippen LogP contribution in [0, 0.1) is 0 Å². The molecule has 24 heavy (non-hydrogen) atoms. The first-order chi connectivity index (χ1) is 11.6. The summed E-state index contributed by atoms with van der Waals surface area (Å²) < 4.78 is 0. The molecular formula is C22H29ClSi. The Morgan fingerprint density at radius 3 is 2.00 bits per heavy atom. The largest absolute Gasteiger partial charge is 0.0843 e. The van der Waals surface area contributed by atoms with Gasteiger partial charge in [0.15, 0.2) is 0 Å². The van der Waals surface area contributed by atoms with Gasteiger partial charge >= 0.3 is 0 Å². The number of unbranched alkanes of at least 4 members (excludes halogenated alkanes) is 1. The number of hydrogen-bond donors (Lipinski definition) is 0. The summed E-state index contributed by atoms with van der Waals surface area (Å²) in [5.41, 5.74) is 4.45. The lowest BCUT2D eigenvalue weighted by Crippen LogP contribution is -2.31. The van der Waals surface area contributed by atoms with Crippen LogP contribution in [0.3, 0.4) is 0 Å². The molecule has 3 rings (SSSR count). The van der Waals surface area contributed by atoms with E-state index in [0.717, 1.165) is 5.02 Å². The Morgan fingerprint density at radius 2 is 1.46 bits per heavy atom. The van der Waals surface area contributed by atoms with Crippen molar-refractivity contribution in [3.05, 3.63) is 59.1 Å². The van der Waals surface area contributed by atoms with Crippen molar-refractivity contribution in [2.45, 2.75) is 63.1 Å². The zero-order valence-corrected chi connectivity index (χ0v) is 16.9. The summed E-state index contributed by atoms with van der Waals surface area (Å²) in [6.07, 6.45) is 5.62. The van der Waals surface area contributed by atoms with Crippen LogP contribution in [0.15, 0.2) is 48.5 Å². The van der Waals surface area contributed by atoms with Crippen molar-refractivity contribution >= 4 is 20.4 Å². The Kier molecular flexibility index (Phi) is 5.83. The van der Waals surface area contributed by atoms with Gasteiger partial charge in [0.2, 0.25) is 0 Å². The molecule has 0 saturated carbocycles. The molecule has 0 spiro atoms. The summed E-state index contributed by atoms with van der Waals surface area (Å²) in [7, 11) is -0.426. The van der Waals surface area contributed by atoms with E-state index in [0.29, 0.717) is 5.41 Å². The maximum Gasteiger partial charge on any atom is 0.0406 e. The standard InChI is InChI=1S/C22H29ClSi/c1-3-4-15-24-16-13-22(2,14-17-24)20-9-5-18(6-10-20)19-7-11-21(23)12-8-19/h5-12,24H,3-4,13-17H2,1-2H3. The zero-order valence-electron chi connectivity index (χ0n) is 15.0. The quantitative estimate of drug-likeness (QED) is 0.502. The Morgan fingerprint density at radius 1 is 0.917 bits per heavy atom. The molecule has 0 aromatic heterocycles. The van der Waals surface area contributed by atoms with Crippen molar-refractivity contribution in [2.24, 2.45) is 0 Å². The molecule has 0 aliphatic carbocycles. The van der Waals surface area contributed by atoms with Gasteiger partial charge in [0.05, 0.1) is 0 Å². The summed E-state index contributed by atoms with van der Waals surface area (Å²) in [5.74, 6) is 0. The van der Waals surface area contributed by atoms with E-state index in [1.165, 1.54) is 54.5 Å². The van der Waals surface area contributed by atoms with Gasteiger partial charge in [0.1, 0.15) is 0 Å². The molecule has 0 bridgehead atoms. The second kappa shape index (κ2) is 7.88. The lowest BCUT2D eigenvalue weighted by Gasteiger charge is -2.37. The predicted molar refractivity (Wildman–Crippen MR) is 110 cm³/mol. The first-order valence-corrected chi connectivity index (χ1v) is 12.3. The van der Waals surface area contributed by atoms with E-state index in [-0.39, 0.29) is 0 Å². The highest BCUT2D eigenvalue weighted by atomic mass is 35.5. The molecule has 2 aromatic carbocycles. The lowest BCUT2D eigenvalue weighted by atomic mass is 9.77. The highest BCUT2D eigenvalue weighted by molar-refractivity contribution is 6.59. The fourth-order valence-corrected chi connectivity index (χ4v) is 8.16. The zero-order chi connectivity index (χ0) is 17.0. The van der Waals surface area contributed by atoms with Crippen molar-refractivity contribution in [1.82, 2.24) is 0 Å². The van der Waals surface area contributed by atoms with Crippen molar-refractivity contribution in [3.63, 3.8) is 0 Å². The van der Waals surface area contributed by atoms with Crippen LogP contribution in [0.1, 0.15) is 45.1 Å². The average Bonchev–Trinajstić information content (AvgIpc) is 2.62. The molecular weight excluding hydrogens is 328 g/mol. The minimum absolute atomic E-state index is 0.397. The summed E-state index contributed by atoms with van der Waals surface area (Å²) in [5, 5.41) is 0.798. The van der Waals surface area contributed by atoms with Crippen LogP contribution in [0.4, 0.5) is 0 Å². The van der Waals surface area contributed by atoms with E-state index in [1.807, 2.05) is 12.1 Å². The second-order valence-electron chi connectivity index (χ2n) is 7.73. The van der Waals surface area contributed by atoms with Crippen molar-refractivity contribution in [3.8, 4) is 11.1 Å². The normalized spacial score (nSPS) is 24.0. The van der Waals surface area contributed by atoms with Gasteiger partial charge in [-0.2, -0.15) is 0 Å². The Hall–Kier alpha value is -1.05. The molecule has 0 amide bonds. The lowest BCUT2D eigenvalue weighted by molar-refractivity contribution is 0.418. The van der Waals surface area contributed by atoms with Crippen LogP contribution < -0.4 is 0 Å². The summed E-state index contributed by atoms with van der Waals surface area (Å²) in [6.45, 7) is 4.80. The van der Waals surface area contributed by atoms with Gasteiger partial charge in [-0.1, -0.05) is 92.8 Å². The number of benzene rings is 2. The van der Waals surface area contributed by atoms with Crippen LogP contribution in [0.25, 0.3) is 11.1 Å². The van der Waals surface area contributed by atoms with Gasteiger partial charge in [-0.15, -0.1) is 0 Å². The molecule has 1 heterocycles. The van der Waals surface area contributed by atoms with E-state index in [2.05, 4.69) is 50.2 Å². The number of rotatable bonds is 5. The minimum Gasteiger partial charge on any atom is -0.0843 e. The molecule has 128 valence electrons. The fraction of sp³-hybridized carbons (Fsp3) is 0.455. The van der Waals surface area contributed by atoms with E-state index in [1.54, 1.807) is 6.04 Å². The molecule has 1 fully saturated rings. The van der Waals surface area contributed by atoms with E-state index in [4.69, 9.17) is 11.6 Å². The van der Waals surface area contributed by atoms with Gasteiger partial charge in [0.25, 0.3) is 0 Å². The molecule has 2 heteroatoms. The summed E-state index contributed by atoms with van der Waals surface area (Å²) in [6, 6.07) is 22.1.